The predicted molar refractivity (Wildman–Crippen MR) is 92.5 cm³/mol. The molecule has 25 heavy (non-hydrogen) atoms. The highest BCUT2D eigenvalue weighted by Gasteiger charge is 2.13. The summed E-state index contributed by atoms with van der Waals surface area (Å²) in [6, 6.07) is 8.93. The van der Waals surface area contributed by atoms with Gasteiger partial charge in [-0.3, -0.25) is 14.4 Å². The Morgan fingerprint density at radius 3 is 2.60 bits per heavy atom. The first-order valence-electron chi connectivity index (χ1n) is 7.00. The molecule has 0 aliphatic carbocycles. The lowest BCUT2D eigenvalue weighted by atomic mass is 10.3. The first-order chi connectivity index (χ1) is 11.9. The third-order valence-corrected chi connectivity index (χ3v) is 3.68. The van der Waals surface area contributed by atoms with Crippen molar-refractivity contribution in [3.05, 3.63) is 85.4 Å². The van der Waals surface area contributed by atoms with Gasteiger partial charge in [0.05, 0.1) is 5.69 Å². The number of H-pyrrole nitrogens is 1. The molecule has 9 heteroatoms. The van der Waals surface area contributed by atoms with Crippen LogP contribution in [0.15, 0.2) is 62.7 Å². The second-order valence-corrected chi connectivity index (χ2v) is 5.88. The van der Waals surface area contributed by atoms with Gasteiger partial charge < -0.3 is 10.3 Å². The molecule has 0 bridgehead atoms. The quantitative estimate of drug-likeness (QED) is 0.698. The first kappa shape index (κ1) is 16.8. The predicted octanol–water partition coefficient (Wildman–Crippen LogP) is 2.07. The van der Waals surface area contributed by atoms with Crippen molar-refractivity contribution < 1.29 is 9.18 Å². The largest absolute Gasteiger partial charge is 0.326 e. The van der Waals surface area contributed by atoms with E-state index in [0.717, 1.165) is 10.7 Å². The van der Waals surface area contributed by atoms with Crippen LogP contribution in [0.25, 0.3) is 5.69 Å². The summed E-state index contributed by atoms with van der Waals surface area (Å²) in [5.74, 6) is -1.13. The van der Waals surface area contributed by atoms with Crippen LogP contribution in [-0.4, -0.2) is 20.7 Å². The number of nitrogens with zero attached hydrogens (tertiary/aromatic N) is 2. The number of rotatable bonds is 3. The molecule has 3 aromatic rings. The van der Waals surface area contributed by atoms with Crippen LogP contribution in [0.1, 0.15) is 10.5 Å². The average molecular weight is 405 g/mol. The van der Waals surface area contributed by atoms with Gasteiger partial charge in [-0.2, -0.15) is 9.78 Å². The van der Waals surface area contributed by atoms with E-state index in [2.05, 4.69) is 31.3 Å². The van der Waals surface area contributed by atoms with Crippen LogP contribution in [0.3, 0.4) is 0 Å². The summed E-state index contributed by atoms with van der Waals surface area (Å²) in [5.41, 5.74) is -0.711. The highest BCUT2D eigenvalue weighted by Crippen LogP contribution is 2.11. The van der Waals surface area contributed by atoms with E-state index in [9.17, 15) is 18.8 Å². The van der Waals surface area contributed by atoms with Gasteiger partial charge in [0.1, 0.15) is 17.2 Å². The molecule has 0 radical (unpaired) electrons. The summed E-state index contributed by atoms with van der Waals surface area (Å²) in [5, 5.41) is 6.39. The SMILES string of the molecule is O=C(Nc1cc(Br)c[nH]c1=O)c1ccc(=O)n(-c2ccc(F)cc2)n1. The molecule has 0 saturated carbocycles. The summed E-state index contributed by atoms with van der Waals surface area (Å²) in [6.07, 6.45) is 1.44. The monoisotopic (exact) mass is 404 g/mol. The van der Waals surface area contributed by atoms with Gasteiger partial charge in [0.2, 0.25) is 0 Å². The van der Waals surface area contributed by atoms with Gasteiger partial charge >= 0.3 is 0 Å². The first-order valence-corrected chi connectivity index (χ1v) is 7.79. The van der Waals surface area contributed by atoms with E-state index in [1.807, 2.05) is 0 Å². The lowest BCUT2D eigenvalue weighted by molar-refractivity contribution is 0.102. The summed E-state index contributed by atoms with van der Waals surface area (Å²) < 4.78 is 14.6. The maximum atomic E-state index is 13.0. The molecule has 0 saturated heterocycles. The fourth-order valence-electron chi connectivity index (χ4n) is 2.04. The molecule has 0 aliphatic heterocycles. The highest BCUT2D eigenvalue weighted by molar-refractivity contribution is 9.10. The number of benzene rings is 1. The molecule has 3 rings (SSSR count). The van der Waals surface area contributed by atoms with Crippen molar-refractivity contribution in [3.8, 4) is 5.69 Å². The Kier molecular flexibility index (Phi) is 4.57. The Bertz CT molecular complexity index is 1060. The smallest absolute Gasteiger partial charge is 0.276 e. The van der Waals surface area contributed by atoms with Crippen molar-refractivity contribution >= 4 is 27.5 Å². The Morgan fingerprint density at radius 1 is 1.16 bits per heavy atom. The summed E-state index contributed by atoms with van der Waals surface area (Å²) in [7, 11) is 0. The second-order valence-electron chi connectivity index (χ2n) is 4.96. The number of carbonyl (C=O) groups is 1. The van der Waals surface area contributed by atoms with Gasteiger partial charge in [-0.25, -0.2) is 4.39 Å². The molecular weight excluding hydrogens is 395 g/mol. The standard InChI is InChI=1S/C16H10BrFN4O3/c17-9-7-13(15(24)19-8-9)20-16(25)12-5-6-14(23)22(21-12)11-3-1-10(18)2-4-11/h1-8H,(H,19,24)(H,20,25). The zero-order chi connectivity index (χ0) is 18.0. The number of nitrogens with one attached hydrogen (secondary N) is 2. The maximum Gasteiger partial charge on any atom is 0.276 e. The summed E-state index contributed by atoms with van der Waals surface area (Å²) in [6.45, 7) is 0. The van der Waals surface area contributed by atoms with Gasteiger partial charge in [-0.15, -0.1) is 0 Å². The maximum absolute atomic E-state index is 13.0. The van der Waals surface area contributed by atoms with E-state index in [0.29, 0.717) is 10.2 Å². The third kappa shape index (κ3) is 3.72. The van der Waals surface area contributed by atoms with E-state index in [1.54, 1.807) is 0 Å². The van der Waals surface area contributed by atoms with Crippen molar-refractivity contribution in [2.24, 2.45) is 0 Å². The number of pyridine rings is 1. The fourth-order valence-corrected chi connectivity index (χ4v) is 2.38. The van der Waals surface area contributed by atoms with Crippen LogP contribution in [0.2, 0.25) is 0 Å². The molecule has 0 aliphatic rings. The van der Waals surface area contributed by atoms with E-state index < -0.39 is 22.8 Å². The van der Waals surface area contributed by atoms with Crippen LogP contribution in [0.4, 0.5) is 10.1 Å². The van der Waals surface area contributed by atoms with Crippen LogP contribution in [-0.2, 0) is 0 Å². The number of amides is 1. The number of hydrogen-bond acceptors (Lipinski definition) is 4. The highest BCUT2D eigenvalue weighted by atomic mass is 79.9. The normalized spacial score (nSPS) is 10.5. The molecule has 7 nitrogen and oxygen atoms in total. The fraction of sp³-hybridized carbons (Fsp3) is 0. The van der Waals surface area contributed by atoms with Crippen molar-refractivity contribution in [3.63, 3.8) is 0 Å². The topological polar surface area (TPSA) is 96.9 Å². The number of aromatic nitrogens is 3. The number of halogens is 2. The molecule has 2 aromatic heterocycles. The van der Waals surface area contributed by atoms with Crippen LogP contribution in [0, 0.1) is 5.82 Å². The molecule has 0 atom stereocenters. The molecule has 0 fully saturated rings. The van der Waals surface area contributed by atoms with Crippen molar-refractivity contribution in [2.45, 2.75) is 0 Å². The zero-order valence-electron chi connectivity index (χ0n) is 12.5. The molecule has 126 valence electrons. The number of anilines is 1. The molecule has 1 amide bonds. The second kappa shape index (κ2) is 6.81. The van der Waals surface area contributed by atoms with E-state index in [4.69, 9.17) is 0 Å². The molecule has 1 aromatic carbocycles. The Balaban J connectivity index is 1.95. The van der Waals surface area contributed by atoms with Gasteiger partial charge in [0, 0.05) is 16.7 Å². The average Bonchev–Trinajstić information content (AvgIpc) is 2.59. The molecule has 0 spiro atoms. The lowest BCUT2D eigenvalue weighted by Crippen LogP contribution is -2.26. The molecule has 2 heterocycles. The van der Waals surface area contributed by atoms with Crippen LogP contribution in [0.5, 0.6) is 0 Å². The Morgan fingerprint density at radius 2 is 1.88 bits per heavy atom. The van der Waals surface area contributed by atoms with Crippen molar-refractivity contribution in [1.29, 1.82) is 0 Å². The van der Waals surface area contributed by atoms with Gasteiger partial charge in [0.15, 0.2) is 0 Å². The summed E-state index contributed by atoms with van der Waals surface area (Å²) >= 11 is 3.19. The number of aromatic amines is 1. The Hall–Kier alpha value is -3.07. The minimum atomic E-state index is -0.667. The summed E-state index contributed by atoms with van der Waals surface area (Å²) in [4.78, 5) is 38.4. The minimum Gasteiger partial charge on any atom is -0.326 e. The third-order valence-electron chi connectivity index (χ3n) is 3.22. The minimum absolute atomic E-state index is 0.0284. The molecule has 2 N–H and O–H groups in total. The van der Waals surface area contributed by atoms with E-state index in [-0.39, 0.29) is 11.4 Å². The van der Waals surface area contributed by atoms with Crippen LogP contribution < -0.4 is 16.4 Å². The van der Waals surface area contributed by atoms with Gasteiger partial charge in [-0.05, 0) is 52.3 Å². The lowest BCUT2D eigenvalue weighted by Gasteiger charge is -2.07. The molecular formula is C16H10BrFN4O3. The zero-order valence-corrected chi connectivity index (χ0v) is 14.1. The van der Waals surface area contributed by atoms with Gasteiger partial charge in [-0.1, -0.05) is 0 Å². The van der Waals surface area contributed by atoms with E-state index in [1.165, 1.54) is 42.6 Å². The Labute approximate surface area is 148 Å². The number of hydrogen-bond donors (Lipinski definition) is 2. The van der Waals surface area contributed by atoms with Crippen molar-refractivity contribution in [1.82, 2.24) is 14.8 Å². The van der Waals surface area contributed by atoms with Crippen LogP contribution >= 0.6 is 15.9 Å². The van der Waals surface area contributed by atoms with Crippen molar-refractivity contribution in [2.75, 3.05) is 5.32 Å². The number of carbonyl (C=O) groups excluding carboxylic acids is 1. The van der Waals surface area contributed by atoms with E-state index >= 15 is 0 Å². The van der Waals surface area contributed by atoms with Gasteiger partial charge in [0.25, 0.3) is 17.0 Å². The molecule has 0 unspecified atom stereocenters.